The van der Waals surface area contributed by atoms with Gasteiger partial charge in [-0.25, -0.2) is 0 Å². The van der Waals surface area contributed by atoms with Gasteiger partial charge >= 0.3 is 5.97 Å². The molecule has 5 heteroatoms. The number of hydrogen-bond donors (Lipinski definition) is 1. The average molecular weight is 261 g/mol. The maximum atomic E-state index is 12.0. The van der Waals surface area contributed by atoms with Gasteiger partial charge in [-0.3, -0.25) is 9.59 Å². The van der Waals surface area contributed by atoms with E-state index >= 15 is 0 Å². The van der Waals surface area contributed by atoms with Crippen LogP contribution in [0.25, 0.3) is 10.9 Å². The normalized spacial score (nSPS) is 10.4. The molecule has 0 spiro atoms. The maximum Gasteiger partial charge on any atom is 0.302 e. The Morgan fingerprint density at radius 2 is 2.11 bits per heavy atom. The number of nitrogens with one attached hydrogen (secondary N) is 1. The van der Waals surface area contributed by atoms with Crippen molar-refractivity contribution in [3.63, 3.8) is 0 Å². The molecule has 0 fully saturated rings. The number of ketones is 1. The number of benzene rings is 1. The van der Waals surface area contributed by atoms with Crippen molar-refractivity contribution in [3.8, 4) is 5.75 Å². The predicted molar refractivity (Wildman–Crippen MR) is 70.4 cm³/mol. The van der Waals surface area contributed by atoms with E-state index in [4.69, 9.17) is 9.47 Å². The molecule has 2 rings (SSSR count). The third-order valence-corrected chi connectivity index (χ3v) is 2.82. The van der Waals surface area contributed by atoms with E-state index in [-0.39, 0.29) is 24.8 Å². The molecule has 0 saturated carbocycles. The zero-order chi connectivity index (χ0) is 13.8. The molecule has 0 unspecified atom stereocenters. The number of ether oxygens (including phenoxy) is 2. The second-order valence-corrected chi connectivity index (χ2v) is 4.13. The summed E-state index contributed by atoms with van der Waals surface area (Å²) in [7, 11) is 1.58. The summed E-state index contributed by atoms with van der Waals surface area (Å²) in [4.78, 5) is 25.7. The van der Waals surface area contributed by atoms with Crippen molar-refractivity contribution in [2.75, 3.05) is 13.7 Å². The van der Waals surface area contributed by atoms with Crippen molar-refractivity contribution in [1.82, 2.24) is 4.98 Å². The van der Waals surface area contributed by atoms with Crippen LogP contribution in [0.15, 0.2) is 24.4 Å². The largest absolute Gasteiger partial charge is 0.497 e. The number of H-pyrrole nitrogens is 1. The van der Waals surface area contributed by atoms with Gasteiger partial charge in [-0.2, -0.15) is 0 Å². The number of carbonyl (C=O) groups is 2. The molecule has 2 aromatic rings. The monoisotopic (exact) mass is 261 g/mol. The van der Waals surface area contributed by atoms with Crippen LogP contribution in [0.1, 0.15) is 23.7 Å². The Hall–Kier alpha value is -2.30. The molecule has 1 heterocycles. The number of methoxy groups -OCH3 is 1. The van der Waals surface area contributed by atoms with Crippen molar-refractivity contribution in [1.29, 1.82) is 0 Å². The fraction of sp³-hybridized carbons (Fsp3) is 0.286. The molecule has 0 amide bonds. The van der Waals surface area contributed by atoms with Crippen LogP contribution in [0.5, 0.6) is 5.75 Å². The van der Waals surface area contributed by atoms with E-state index in [9.17, 15) is 9.59 Å². The lowest BCUT2D eigenvalue weighted by Gasteiger charge is -2.02. The van der Waals surface area contributed by atoms with Crippen LogP contribution in [0.4, 0.5) is 0 Å². The number of aromatic nitrogens is 1. The summed E-state index contributed by atoms with van der Waals surface area (Å²) in [6, 6.07) is 5.49. The Morgan fingerprint density at radius 1 is 1.32 bits per heavy atom. The average Bonchev–Trinajstić information content (AvgIpc) is 2.80. The fourth-order valence-corrected chi connectivity index (χ4v) is 1.88. The molecule has 0 saturated heterocycles. The second-order valence-electron chi connectivity index (χ2n) is 4.13. The Kier molecular flexibility index (Phi) is 3.85. The summed E-state index contributed by atoms with van der Waals surface area (Å²) in [5, 5.41) is 0.812. The number of rotatable bonds is 5. The molecular formula is C14H15NO4. The van der Waals surface area contributed by atoms with Gasteiger partial charge in [-0.1, -0.05) is 0 Å². The molecule has 5 nitrogen and oxygen atoms in total. The third kappa shape index (κ3) is 2.93. The summed E-state index contributed by atoms with van der Waals surface area (Å²) < 4.78 is 9.92. The summed E-state index contributed by atoms with van der Waals surface area (Å²) in [5.74, 6) is 0.246. The first-order valence-electron chi connectivity index (χ1n) is 5.93. The lowest BCUT2D eigenvalue weighted by molar-refractivity contribution is -0.140. The summed E-state index contributed by atoms with van der Waals surface area (Å²) in [6.07, 6.45) is 1.84. The molecule has 1 N–H and O–H groups in total. The predicted octanol–water partition coefficient (Wildman–Crippen LogP) is 2.31. The first-order valence-corrected chi connectivity index (χ1v) is 5.93. The molecule has 1 aromatic heterocycles. The lowest BCUT2D eigenvalue weighted by Crippen LogP contribution is -2.07. The van der Waals surface area contributed by atoms with E-state index in [0.29, 0.717) is 11.3 Å². The molecule has 0 radical (unpaired) electrons. The molecule has 19 heavy (non-hydrogen) atoms. The minimum absolute atomic E-state index is 0.0687. The smallest absolute Gasteiger partial charge is 0.302 e. The molecule has 0 aliphatic rings. The van der Waals surface area contributed by atoms with Crippen molar-refractivity contribution in [3.05, 3.63) is 30.0 Å². The highest BCUT2D eigenvalue weighted by molar-refractivity contribution is 6.08. The van der Waals surface area contributed by atoms with Crippen LogP contribution in [0.3, 0.4) is 0 Å². The summed E-state index contributed by atoms with van der Waals surface area (Å²) in [5.41, 5.74) is 1.46. The highest BCUT2D eigenvalue weighted by Gasteiger charge is 2.13. The van der Waals surface area contributed by atoms with Crippen LogP contribution >= 0.6 is 0 Å². The molecule has 100 valence electrons. The lowest BCUT2D eigenvalue weighted by atomic mass is 10.1. The zero-order valence-corrected chi connectivity index (χ0v) is 10.9. The van der Waals surface area contributed by atoms with E-state index in [1.54, 1.807) is 13.3 Å². The molecule has 0 bridgehead atoms. The molecular weight excluding hydrogens is 246 g/mol. The minimum atomic E-state index is -0.381. The Morgan fingerprint density at radius 3 is 2.79 bits per heavy atom. The first-order chi connectivity index (χ1) is 9.11. The SMILES string of the molecule is COc1ccc2[nH]cc(C(=O)CCOC(C)=O)c2c1. The third-order valence-electron chi connectivity index (χ3n) is 2.82. The Balaban J connectivity index is 2.19. The highest BCUT2D eigenvalue weighted by atomic mass is 16.5. The quantitative estimate of drug-likeness (QED) is 0.662. The number of esters is 1. The number of hydrogen-bond acceptors (Lipinski definition) is 4. The van der Waals surface area contributed by atoms with E-state index in [0.717, 1.165) is 10.9 Å². The van der Waals surface area contributed by atoms with Crippen LogP contribution in [0.2, 0.25) is 0 Å². The van der Waals surface area contributed by atoms with Gasteiger partial charge in [0.05, 0.1) is 13.7 Å². The second kappa shape index (κ2) is 5.56. The highest BCUT2D eigenvalue weighted by Crippen LogP contribution is 2.24. The van der Waals surface area contributed by atoms with Gasteiger partial charge in [-0.05, 0) is 18.2 Å². The first kappa shape index (κ1) is 13.1. The van der Waals surface area contributed by atoms with Gasteiger partial charge in [0.1, 0.15) is 5.75 Å². The molecule has 1 aromatic carbocycles. The molecule has 0 aliphatic carbocycles. The van der Waals surface area contributed by atoms with E-state index in [1.807, 2.05) is 18.2 Å². The topological polar surface area (TPSA) is 68.4 Å². The van der Waals surface area contributed by atoms with Gasteiger partial charge in [-0.15, -0.1) is 0 Å². The van der Waals surface area contributed by atoms with Crippen molar-refractivity contribution in [2.24, 2.45) is 0 Å². The van der Waals surface area contributed by atoms with Gasteiger partial charge in [0.2, 0.25) is 0 Å². The standard InChI is InChI=1S/C14H15NO4/c1-9(16)19-6-5-14(17)12-8-15-13-4-3-10(18-2)7-11(12)13/h3-4,7-8,15H,5-6H2,1-2H3. The van der Waals surface area contributed by atoms with E-state index in [2.05, 4.69) is 4.98 Å². The number of carbonyl (C=O) groups excluding carboxylic acids is 2. The summed E-state index contributed by atoms with van der Waals surface area (Å²) in [6.45, 7) is 1.42. The number of fused-ring (bicyclic) bond motifs is 1. The number of Topliss-reactive ketones (excluding diaryl/α,β-unsaturated/α-hetero) is 1. The van der Waals surface area contributed by atoms with Crippen molar-refractivity contribution in [2.45, 2.75) is 13.3 Å². The summed E-state index contributed by atoms with van der Waals surface area (Å²) >= 11 is 0. The van der Waals surface area contributed by atoms with Crippen LogP contribution < -0.4 is 4.74 Å². The van der Waals surface area contributed by atoms with Crippen molar-refractivity contribution < 1.29 is 19.1 Å². The fourth-order valence-electron chi connectivity index (χ4n) is 1.88. The Labute approximate surface area is 110 Å². The maximum absolute atomic E-state index is 12.0. The Bertz CT molecular complexity index is 615. The van der Waals surface area contributed by atoms with Gasteiger partial charge in [0.25, 0.3) is 0 Å². The van der Waals surface area contributed by atoms with Gasteiger partial charge in [0, 0.05) is 36.0 Å². The van der Waals surface area contributed by atoms with Crippen LogP contribution in [-0.4, -0.2) is 30.5 Å². The minimum Gasteiger partial charge on any atom is -0.497 e. The van der Waals surface area contributed by atoms with Gasteiger partial charge < -0.3 is 14.5 Å². The van der Waals surface area contributed by atoms with E-state index < -0.39 is 0 Å². The van der Waals surface area contributed by atoms with E-state index in [1.165, 1.54) is 6.92 Å². The van der Waals surface area contributed by atoms with Crippen LogP contribution in [0, 0.1) is 0 Å². The molecule has 0 aliphatic heterocycles. The van der Waals surface area contributed by atoms with Gasteiger partial charge in [0.15, 0.2) is 5.78 Å². The van der Waals surface area contributed by atoms with Crippen LogP contribution in [-0.2, 0) is 9.53 Å². The van der Waals surface area contributed by atoms with Crippen molar-refractivity contribution >= 4 is 22.7 Å². The molecule has 0 atom stereocenters. The number of aromatic amines is 1. The zero-order valence-electron chi connectivity index (χ0n) is 10.9.